The van der Waals surface area contributed by atoms with Crippen molar-refractivity contribution in [1.82, 2.24) is 9.78 Å². The molecule has 108 valence electrons. The Bertz CT molecular complexity index is 365. The molecule has 1 aromatic heterocycles. The van der Waals surface area contributed by atoms with Gasteiger partial charge in [0.2, 0.25) is 0 Å². The van der Waals surface area contributed by atoms with Gasteiger partial charge in [0, 0.05) is 11.6 Å². The lowest BCUT2D eigenvalue weighted by Crippen LogP contribution is -2.13. The Labute approximate surface area is 122 Å². The first kappa shape index (κ1) is 14.9. The van der Waals surface area contributed by atoms with Gasteiger partial charge in [-0.25, -0.2) is 0 Å². The molecule has 0 spiro atoms. The SMILES string of the molecule is CCC(CC)n1ccc(CCC(Cl)C2CCCC2)n1. The van der Waals surface area contributed by atoms with E-state index in [0.717, 1.165) is 31.6 Å². The number of hydrogen-bond donors (Lipinski definition) is 0. The third-order valence-electron chi connectivity index (χ3n) is 4.57. The summed E-state index contributed by atoms with van der Waals surface area (Å²) in [4.78, 5) is 0. The summed E-state index contributed by atoms with van der Waals surface area (Å²) in [6.45, 7) is 4.45. The maximum absolute atomic E-state index is 6.53. The summed E-state index contributed by atoms with van der Waals surface area (Å²) < 4.78 is 2.13. The molecule has 2 nitrogen and oxygen atoms in total. The molecule has 1 atom stereocenters. The van der Waals surface area contributed by atoms with Crippen LogP contribution in [0.25, 0.3) is 0 Å². The first-order valence-corrected chi connectivity index (χ1v) is 8.36. The van der Waals surface area contributed by atoms with Crippen LogP contribution >= 0.6 is 11.6 Å². The highest BCUT2D eigenvalue weighted by Crippen LogP contribution is 2.32. The molecule has 0 saturated heterocycles. The van der Waals surface area contributed by atoms with Gasteiger partial charge in [0.15, 0.2) is 0 Å². The van der Waals surface area contributed by atoms with E-state index in [1.54, 1.807) is 0 Å². The van der Waals surface area contributed by atoms with E-state index in [4.69, 9.17) is 16.7 Å². The molecular formula is C16H27ClN2. The van der Waals surface area contributed by atoms with Crippen LogP contribution < -0.4 is 0 Å². The van der Waals surface area contributed by atoms with Gasteiger partial charge in [-0.2, -0.15) is 5.10 Å². The molecule has 0 N–H and O–H groups in total. The number of aryl methyl sites for hydroxylation is 1. The summed E-state index contributed by atoms with van der Waals surface area (Å²) >= 11 is 6.53. The molecule has 1 aromatic rings. The van der Waals surface area contributed by atoms with Gasteiger partial charge >= 0.3 is 0 Å². The Morgan fingerprint density at radius 1 is 1.32 bits per heavy atom. The van der Waals surface area contributed by atoms with E-state index in [2.05, 4.69) is 30.8 Å². The van der Waals surface area contributed by atoms with E-state index in [9.17, 15) is 0 Å². The molecule has 0 radical (unpaired) electrons. The second-order valence-electron chi connectivity index (χ2n) is 5.86. The number of hydrogen-bond acceptors (Lipinski definition) is 1. The molecule has 2 rings (SSSR count). The first-order chi connectivity index (χ1) is 9.24. The number of halogens is 1. The lowest BCUT2D eigenvalue weighted by molar-refractivity contribution is 0.423. The van der Waals surface area contributed by atoms with Gasteiger partial charge in [-0.1, -0.05) is 26.7 Å². The lowest BCUT2D eigenvalue weighted by atomic mass is 9.99. The monoisotopic (exact) mass is 282 g/mol. The second-order valence-corrected chi connectivity index (χ2v) is 6.42. The quantitative estimate of drug-likeness (QED) is 0.645. The number of aromatic nitrogens is 2. The molecule has 1 unspecified atom stereocenters. The fourth-order valence-corrected chi connectivity index (χ4v) is 3.58. The molecule has 1 aliphatic carbocycles. The first-order valence-electron chi connectivity index (χ1n) is 7.92. The van der Waals surface area contributed by atoms with E-state index in [0.29, 0.717) is 11.4 Å². The molecule has 0 bridgehead atoms. The molecule has 1 aliphatic rings. The third-order valence-corrected chi connectivity index (χ3v) is 5.14. The topological polar surface area (TPSA) is 17.8 Å². The van der Waals surface area contributed by atoms with E-state index in [1.807, 2.05) is 0 Å². The zero-order valence-electron chi connectivity index (χ0n) is 12.3. The smallest absolute Gasteiger partial charge is 0.0625 e. The largest absolute Gasteiger partial charge is 0.269 e. The summed E-state index contributed by atoms with van der Waals surface area (Å²) in [5.74, 6) is 0.753. The maximum Gasteiger partial charge on any atom is 0.0625 e. The molecule has 0 amide bonds. The Balaban J connectivity index is 1.82. The standard InChI is InChI=1S/C16H27ClN2/c1-3-15(4-2)19-12-11-14(18-19)9-10-16(17)13-7-5-6-8-13/h11-13,15-16H,3-10H2,1-2H3. The van der Waals surface area contributed by atoms with Gasteiger partial charge in [-0.3, -0.25) is 4.68 Å². The van der Waals surface area contributed by atoms with E-state index in [1.165, 1.54) is 31.4 Å². The predicted molar refractivity (Wildman–Crippen MR) is 81.8 cm³/mol. The van der Waals surface area contributed by atoms with Crippen LogP contribution in [-0.4, -0.2) is 15.2 Å². The minimum Gasteiger partial charge on any atom is -0.269 e. The van der Waals surface area contributed by atoms with Crippen LogP contribution in [0.4, 0.5) is 0 Å². The average Bonchev–Trinajstić information content (AvgIpc) is 3.09. The van der Waals surface area contributed by atoms with Crippen molar-refractivity contribution in [2.24, 2.45) is 5.92 Å². The fourth-order valence-electron chi connectivity index (χ4n) is 3.22. The van der Waals surface area contributed by atoms with Crippen molar-refractivity contribution in [2.45, 2.75) is 76.6 Å². The maximum atomic E-state index is 6.53. The zero-order chi connectivity index (χ0) is 13.7. The Kier molecular flexibility index (Phi) is 5.75. The Hall–Kier alpha value is -0.500. The number of rotatable bonds is 7. The fraction of sp³-hybridized carbons (Fsp3) is 0.812. The van der Waals surface area contributed by atoms with Crippen molar-refractivity contribution < 1.29 is 0 Å². The van der Waals surface area contributed by atoms with Crippen LogP contribution in [0.1, 0.15) is 70.5 Å². The predicted octanol–water partition coefficient (Wildman–Crippen LogP) is 4.97. The van der Waals surface area contributed by atoms with Gasteiger partial charge in [0.05, 0.1) is 11.7 Å². The van der Waals surface area contributed by atoms with Crippen molar-refractivity contribution in [1.29, 1.82) is 0 Å². The molecule has 0 aromatic carbocycles. The van der Waals surface area contributed by atoms with Gasteiger partial charge in [-0.15, -0.1) is 11.6 Å². The molecule has 19 heavy (non-hydrogen) atoms. The summed E-state index contributed by atoms with van der Waals surface area (Å²) in [5, 5.41) is 5.06. The van der Waals surface area contributed by atoms with Crippen LogP contribution in [0.2, 0.25) is 0 Å². The average molecular weight is 283 g/mol. The molecular weight excluding hydrogens is 256 g/mol. The van der Waals surface area contributed by atoms with Crippen molar-refractivity contribution in [3.8, 4) is 0 Å². The number of nitrogens with zero attached hydrogens (tertiary/aromatic N) is 2. The van der Waals surface area contributed by atoms with E-state index in [-0.39, 0.29) is 0 Å². The Morgan fingerprint density at radius 3 is 2.63 bits per heavy atom. The van der Waals surface area contributed by atoms with Crippen LogP contribution in [-0.2, 0) is 6.42 Å². The van der Waals surface area contributed by atoms with E-state index >= 15 is 0 Å². The summed E-state index contributed by atoms with van der Waals surface area (Å²) in [5.41, 5.74) is 1.20. The van der Waals surface area contributed by atoms with Crippen LogP contribution in [0.5, 0.6) is 0 Å². The normalized spacial score (nSPS) is 18.3. The van der Waals surface area contributed by atoms with E-state index < -0.39 is 0 Å². The zero-order valence-corrected chi connectivity index (χ0v) is 13.1. The van der Waals surface area contributed by atoms with Gasteiger partial charge < -0.3 is 0 Å². The van der Waals surface area contributed by atoms with Gasteiger partial charge in [0.25, 0.3) is 0 Å². The lowest BCUT2D eigenvalue weighted by Gasteiger charge is -2.16. The van der Waals surface area contributed by atoms with Crippen molar-refractivity contribution in [3.05, 3.63) is 18.0 Å². The molecule has 1 saturated carbocycles. The summed E-state index contributed by atoms with van der Waals surface area (Å²) in [6, 6.07) is 2.71. The molecule has 0 aliphatic heterocycles. The van der Waals surface area contributed by atoms with Gasteiger partial charge in [0.1, 0.15) is 0 Å². The summed E-state index contributed by atoms with van der Waals surface area (Å²) in [6.07, 6.45) is 11.9. The van der Waals surface area contributed by atoms with Crippen LogP contribution in [0, 0.1) is 5.92 Å². The minimum absolute atomic E-state index is 0.348. The molecule has 3 heteroatoms. The highest BCUT2D eigenvalue weighted by atomic mass is 35.5. The highest BCUT2D eigenvalue weighted by molar-refractivity contribution is 6.20. The second kappa shape index (κ2) is 7.33. The molecule has 1 heterocycles. The third kappa shape index (κ3) is 3.98. The van der Waals surface area contributed by atoms with Gasteiger partial charge in [-0.05, 0) is 50.5 Å². The summed E-state index contributed by atoms with van der Waals surface area (Å²) in [7, 11) is 0. The van der Waals surface area contributed by atoms with Crippen molar-refractivity contribution in [3.63, 3.8) is 0 Å². The van der Waals surface area contributed by atoms with Crippen molar-refractivity contribution in [2.75, 3.05) is 0 Å². The number of alkyl halides is 1. The van der Waals surface area contributed by atoms with Crippen LogP contribution in [0.3, 0.4) is 0 Å². The van der Waals surface area contributed by atoms with Crippen molar-refractivity contribution >= 4 is 11.6 Å². The molecule has 1 fully saturated rings. The minimum atomic E-state index is 0.348. The highest BCUT2D eigenvalue weighted by Gasteiger charge is 2.23. The Morgan fingerprint density at radius 2 is 2.00 bits per heavy atom. The van der Waals surface area contributed by atoms with Crippen LogP contribution in [0.15, 0.2) is 12.3 Å².